The zero-order valence-electron chi connectivity index (χ0n) is 8.23. The van der Waals surface area contributed by atoms with E-state index in [1.807, 2.05) is 24.3 Å². The monoisotopic (exact) mass is 213 g/mol. The molecule has 0 aromatic heterocycles. The second-order valence-electron chi connectivity index (χ2n) is 2.66. The highest BCUT2D eigenvalue weighted by molar-refractivity contribution is 7.99. The van der Waals surface area contributed by atoms with E-state index in [0.29, 0.717) is 6.54 Å². The number of hydrogen-bond donors (Lipinski definition) is 1. The van der Waals surface area contributed by atoms with Gasteiger partial charge >= 0.3 is 0 Å². The van der Waals surface area contributed by atoms with E-state index >= 15 is 0 Å². The predicted octanol–water partition coefficient (Wildman–Crippen LogP) is 1.72. The summed E-state index contributed by atoms with van der Waals surface area (Å²) in [7, 11) is 1.60. The fourth-order valence-corrected chi connectivity index (χ4v) is 1.69. The van der Waals surface area contributed by atoms with Crippen LogP contribution in [0.5, 0.6) is 5.75 Å². The maximum Gasteiger partial charge on any atom is 0.188 e. The summed E-state index contributed by atoms with van der Waals surface area (Å²) in [6, 6.07) is 7.90. The minimum atomic E-state index is 0.283. The average Bonchev–Trinajstić information content (AvgIpc) is 2.24. The van der Waals surface area contributed by atoms with E-state index in [1.54, 1.807) is 18.9 Å². The molecule has 0 amide bonds. The first-order chi connectivity index (χ1) is 6.86. The molecule has 0 aliphatic heterocycles. The highest BCUT2D eigenvalue weighted by atomic mass is 32.2. The van der Waals surface area contributed by atoms with Crippen LogP contribution in [0.1, 0.15) is 0 Å². The van der Waals surface area contributed by atoms with Gasteiger partial charge in [-0.25, -0.2) is 0 Å². The third kappa shape index (κ3) is 4.00. The molecule has 0 atom stereocenters. The van der Waals surface area contributed by atoms with E-state index in [-0.39, 0.29) is 6.79 Å². The Morgan fingerprint density at radius 1 is 1.43 bits per heavy atom. The van der Waals surface area contributed by atoms with Crippen LogP contribution in [-0.4, -0.2) is 26.2 Å². The SMILES string of the molecule is COCOc1cccc(SCCN)c1. The summed E-state index contributed by atoms with van der Waals surface area (Å²) >= 11 is 1.72. The van der Waals surface area contributed by atoms with Crippen molar-refractivity contribution >= 4 is 11.8 Å². The molecule has 0 aliphatic rings. The van der Waals surface area contributed by atoms with Gasteiger partial charge in [-0.05, 0) is 18.2 Å². The van der Waals surface area contributed by atoms with Gasteiger partial charge in [0.25, 0.3) is 0 Å². The molecule has 4 heteroatoms. The van der Waals surface area contributed by atoms with Crippen molar-refractivity contribution in [3.8, 4) is 5.75 Å². The van der Waals surface area contributed by atoms with Crippen molar-refractivity contribution < 1.29 is 9.47 Å². The molecule has 2 N–H and O–H groups in total. The lowest BCUT2D eigenvalue weighted by atomic mass is 10.3. The Kier molecular flexibility index (Phi) is 5.44. The van der Waals surface area contributed by atoms with E-state index in [2.05, 4.69) is 0 Å². The van der Waals surface area contributed by atoms with Gasteiger partial charge in [-0.3, -0.25) is 0 Å². The molecule has 0 heterocycles. The molecule has 78 valence electrons. The third-order valence-electron chi connectivity index (χ3n) is 1.54. The van der Waals surface area contributed by atoms with Crippen LogP contribution in [-0.2, 0) is 4.74 Å². The molecule has 0 spiro atoms. The Labute approximate surface area is 88.6 Å². The Hall–Kier alpha value is -0.710. The van der Waals surface area contributed by atoms with Gasteiger partial charge in [-0.2, -0.15) is 0 Å². The number of rotatable bonds is 6. The molecular formula is C10H15NO2S. The summed E-state index contributed by atoms with van der Waals surface area (Å²) in [4.78, 5) is 1.17. The molecule has 0 saturated heterocycles. The van der Waals surface area contributed by atoms with E-state index in [1.165, 1.54) is 4.90 Å². The summed E-state index contributed by atoms with van der Waals surface area (Å²) in [6.07, 6.45) is 0. The fourth-order valence-electron chi connectivity index (χ4n) is 0.958. The highest BCUT2D eigenvalue weighted by Gasteiger charge is 1.96. The van der Waals surface area contributed by atoms with Crippen molar-refractivity contribution in [3.63, 3.8) is 0 Å². The number of thioether (sulfide) groups is 1. The lowest BCUT2D eigenvalue weighted by Gasteiger charge is -2.06. The van der Waals surface area contributed by atoms with Crippen LogP contribution in [0.3, 0.4) is 0 Å². The topological polar surface area (TPSA) is 44.5 Å². The van der Waals surface area contributed by atoms with E-state index < -0.39 is 0 Å². The fraction of sp³-hybridized carbons (Fsp3) is 0.400. The number of ether oxygens (including phenoxy) is 2. The molecule has 0 radical (unpaired) electrons. The summed E-state index contributed by atoms with van der Waals surface area (Å²) < 4.78 is 10.1. The first-order valence-corrected chi connectivity index (χ1v) is 5.40. The van der Waals surface area contributed by atoms with Crippen LogP contribution in [0.2, 0.25) is 0 Å². The maximum atomic E-state index is 5.42. The summed E-state index contributed by atoms with van der Waals surface area (Å²) in [5, 5.41) is 0. The summed E-state index contributed by atoms with van der Waals surface area (Å²) in [5.41, 5.74) is 5.42. The molecule has 1 rings (SSSR count). The Balaban J connectivity index is 2.50. The van der Waals surface area contributed by atoms with Gasteiger partial charge in [0.2, 0.25) is 0 Å². The van der Waals surface area contributed by atoms with E-state index in [9.17, 15) is 0 Å². The quantitative estimate of drug-likeness (QED) is 0.577. The largest absolute Gasteiger partial charge is 0.468 e. The van der Waals surface area contributed by atoms with Crippen molar-refractivity contribution in [1.29, 1.82) is 0 Å². The van der Waals surface area contributed by atoms with Crippen LogP contribution in [0.4, 0.5) is 0 Å². The van der Waals surface area contributed by atoms with E-state index in [0.717, 1.165) is 11.5 Å². The van der Waals surface area contributed by atoms with Crippen LogP contribution < -0.4 is 10.5 Å². The van der Waals surface area contributed by atoms with Crippen molar-refractivity contribution in [2.75, 3.05) is 26.2 Å². The van der Waals surface area contributed by atoms with Crippen molar-refractivity contribution in [1.82, 2.24) is 0 Å². The first-order valence-electron chi connectivity index (χ1n) is 4.41. The van der Waals surface area contributed by atoms with Gasteiger partial charge in [0, 0.05) is 24.3 Å². The number of methoxy groups -OCH3 is 1. The number of hydrogen-bond acceptors (Lipinski definition) is 4. The number of nitrogens with two attached hydrogens (primary N) is 1. The van der Waals surface area contributed by atoms with Crippen LogP contribution in [0, 0.1) is 0 Å². The Bertz CT molecular complexity index is 245. The molecule has 0 saturated carbocycles. The minimum absolute atomic E-state index is 0.283. The molecule has 3 nitrogen and oxygen atoms in total. The standard InChI is InChI=1S/C10H15NO2S/c1-12-8-13-9-3-2-4-10(7-9)14-6-5-11/h2-4,7H,5-6,8,11H2,1H3. The molecular weight excluding hydrogens is 198 g/mol. The van der Waals surface area contributed by atoms with Crippen molar-refractivity contribution in [2.45, 2.75) is 4.90 Å². The van der Waals surface area contributed by atoms with Gasteiger partial charge in [-0.1, -0.05) is 6.07 Å². The lowest BCUT2D eigenvalue weighted by Crippen LogP contribution is -2.01. The zero-order chi connectivity index (χ0) is 10.2. The molecule has 1 aromatic carbocycles. The van der Waals surface area contributed by atoms with Crippen LogP contribution in [0.25, 0.3) is 0 Å². The van der Waals surface area contributed by atoms with E-state index in [4.69, 9.17) is 15.2 Å². The van der Waals surface area contributed by atoms with Crippen molar-refractivity contribution in [3.05, 3.63) is 24.3 Å². The molecule has 0 aliphatic carbocycles. The normalized spacial score (nSPS) is 10.1. The molecule has 0 bridgehead atoms. The maximum absolute atomic E-state index is 5.42. The lowest BCUT2D eigenvalue weighted by molar-refractivity contribution is 0.0510. The molecule has 0 fully saturated rings. The average molecular weight is 213 g/mol. The van der Waals surface area contributed by atoms with Gasteiger partial charge < -0.3 is 15.2 Å². The Morgan fingerprint density at radius 2 is 2.29 bits per heavy atom. The highest BCUT2D eigenvalue weighted by Crippen LogP contribution is 2.22. The first kappa shape index (κ1) is 11.4. The smallest absolute Gasteiger partial charge is 0.188 e. The summed E-state index contributed by atoms with van der Waals surface area (Å²) in [5.74, 6) is 1.75. The van der Waals surface area contributed by atoms with Crippen molar-refractivity contribution in [2.24, 2.45) is 5.73 Å². The minimum Gasteiger partial charge on any atom is -0.468 e. The molecule has 0 unspecified atom stereocenters. The molecule has 1 aromatic rings. The van der Waals surface area contributed by atoms with Gasteiger partial charge in [-0.15, -0.1) is 11.8 Å². The van der Waals surface area contributed by atoms with Crippen LogP contribution >= 0.6 is 11.8 Å². The molecule has 14 heavy (non-hydrogen) atoms. The second-order valence-corrected chi connectivity index (χ2v) is 3.83. The van der Waals surface area contributed by atoms with Gasteiger partial charge in [0.15, 0.2) is 6.79 Å². The van der Waals surface area contributed by atoms with Gasteiger partial charge in [0.05, 0.1) is 0 Å². The van der Waals surface area contributed by atoms with Gasteiger partial charge in [0.1, 0.15) is 5.75 Å². The zero-order valence-corrected chi connectivity index (χ0v) is 9.05. The second kappa shape index (κ2) is 6.70. The Morgan fingerprint density at radius 3 is 3.00 bits per heavy atom. The number of benzene rings is 1. The predicted molar refractivity (Wildman–Crippen MR) is 58.7 cm³/mol. The van der Waals surface area contributed by atoms with Crippen LogP contribution in [0.15, 0.2) is 29.2 Å². The third-order valence-corrected chi connectivity index (χ3v) is 2.56. The summed E-state index contributed by atoms with van der Waals surface area (Å²) in [6.45, 7) is 0.971.